The van der Waals surface area contributed by atoms with Gasteiger partial charge in [-0.3, -0.25) is 0 Å². The molecule has 0 radical (unpaired) electrons. The molecular formula is C11H21NO. The monoisotopic (exact) mass is 183 g/mol. The van der Waals surface area contributed by atoms with Crippen molar-refractivity contribution in [2.75, 3.05) is 13.2 Å². The van der Waals surface area contributed by atoms with Gasteiger partial charge in [0, 0.05) is 19.3 Å². The third kappa shape index (κ3) is 1.50. The zero-order chi connectivity index (χ0) is 9.47. The lowest BCUT2D eigenvalue weighted by atomic mass is 9.54. The second-order valence-corrected chi connectivity index (χ2v) is 5.25. The van der Waals surface area contributed by atoms with Crippen LogP contribution in [0.4, 0.5) is 0 Å². The molecule has 1 aliphatic heterocycles. The Bertz CT molecular complexity index is 185. The summed E-state index contributed by atoms with van der Waals surface area (Å²) in [6.45, 7) is 6.55. The summed E-state index contributed by atoms with van der Waals surface area (Å²) in [6, 6.07) is 0.416. The first-order valence-corrected chi connectivity index (χ1v) is 5.45. The number of hydrogen-bond donors (Lipinski definition) is 1. The molecule has 0 amide bonds. The second kappa shape index (κ2) is 3.25. The maximum absolute atomic E-state index is 6.01. The van der Waals surface area contributed by atoms with E-state index in [9.17, 15) is 0 Å². The van der Waals surface area contributed by atoms with Crippen molar-refractivity contribution in [2.45, 2.75) is 39.2 Å². The molecule has 1 heterocycles. The van der Waals surface area contributed by atoms with Gasteiger partial charge in [0.15, 0.2) is 0 Å². The number of rotatable bonds is 1. The van der Waals surface area contributed by atoms with Gasteiger partial charge in [0.1, 0.15) is 0 Å². The smallest absolute Gasteiger partial charge is 0.0497 e. The second-order valence-electron chi connectivity index (χ2n) is 5.25. The van der Waals surface area contributed by atoms with Gasteiger partial charge in [-0.05, 0) is 36.5 Å². The maximum Gasteiger partial charge on any atom is 0.0497 e. The van der Waals surface area contributed by atoms with Crippen molar-refractivity contribution >= 4 is 0 Å². The van der Waals surface area contributed by atoms with Gasteiger partial charge in [-0.25, -0.2) is 0 Å². The van der Waals surface area contributed by atoms with E-state index in [2.05, 4.69) is 13.8 Å². The summed E-state index contributed by atoms with van der Waals surface area (Å²) in [5.74, 6) is 1.59. The summed E-state index contributed by atoms with van der Waals surface area (Å²) in [5.41, 5.74) is 6.37. The number of ether oxygens (including phenoxy) is 1. The molecule has 76 valence electrons. The minimum Gasteiger partial charge on any atom is -0.381 e. The summed E-state index contributed by atoms with van der Waals surface area (Å²) in [4.78, 5) is 0. The fourth-order valence-electron chi connectivity index (χ4n) is 2.88. The topological polar surface area (TPSA) is 35.2 Å². The van der Waals surface area contributed by atoms with Gasteiger partial charge in [-0.1, -0.05) is 13.8 Å². The molecule has 3 atom stereocenters. The predicted molar refractivity (Wildman–Crippen MR) is 53.4 cm³/mol. The largest absolute Gasteiger partial charge is 0.381 e. The van der Waals surface area contributed by atoms with Crippen LogP contribution in [0.1, 0.15) is 33.1 Å². The minimum atomic E-state index is 0.353. The Morgan fingerprint density at radius 3 is 2.62 bits per heavy atom. The Balaban J connectivity index is 1.94. The summed E-state index contributed by atoms with van der Waals surface area (Å²) < 4.78 is 5.53. The molecule has 3 unspecified atom stereocenters. The quantitative estimate of drug-likeness (QED) is 0.672. The molecule has 0 spiro atoms. The molecule has 1 saturated carbocycles. The van der Waals surface area contributed by atoms with Crippen LogP contribution < -0.4 is 5.73 Å². The molecule has 2 rings (SSSR count). The zero-order valence-corrected chi connectivity index (χ0v) is 8.75. The van der Waals surface area contributed by atoms with E-state index in [0.717, 1.165) is 25.0 Å². The molecule has 0 aromatic carbocycles. The van der Waals surface area contributed by atoms with Gasteiger partial charge < -0.3 is 10.5 Å². The van der Waals surface area contributed by atoms with Crippen LogP contribution in [-0.2, 0) is 4.74 Å². The standard InChI is InChI=1S/C11H21NO/c1-11(2)9(6-10(11)12)8-4-3-5-13-7-8/h8-10H,3-7,12H2,1-2H3. The summed E-state index contributed by atoms with van der Waals surface area (Å²) >= 11 is 0. The van der Waals surface area contributed by atoms with Crippen molar-refractivity contribution in [3.8, 4) is 0 Å². The van der Waals surface area contributed by atoms with Gasteiger partial charge in [0.25, 0.3) is 0 Å². The highest BCUT2D eigenvalue weighted by Crippen LogP contribution is 2.50. The first kappa shape index (κ1) is 9.47. The third-order valence-electron chi connectivity index (χ3n) is 4.18. The summed E-state index contributed by atoms with van der Waals surface area (Å²) in [7, 11) is 0. The lowest BCUT2D eigenvalue weighted by molar-refractivity contribution is -0.0641. The highest BCUT2D eigenvalue weighted by Gasteiger charge is 2.49. The van der Waals surface area contributed by atoms with E-state index in [1.807, 2.05) is 0 Å². The molecule has 0 aromatic rings. The number of nitrogens with two attached hydrogens (primary N) is 1. The van der Waals surface area contributed by atoms with E-state index in [1.165, 1.54) is 19.3 Å². The van der Waals surface area contributed by atoms with Crippen LogP contribution in [0.3, 0.4) is 0 Å². The third-order valence-corrected chi connectivity index (χ3v) is 4.18. The SMILES string of the molecule is CC1(C)C(N)CC1C1CCCOC1. The molecule has 2 aliphatic rings. The van der Waals surface area contributed by atoms with Gasteiger partial charge in [0.2, 0.25) is 0 Å². The first-order valence-electron chi connectivity index (χ1n) is 5.45. The van der Waals surface area contributed by atoms with E-state index in [1.54, 1.807) is 0 Å². The zero-order valence-electron chi connectivity index (χ0n) is 8.75. The molecule has 0 bridgehead atoms. The van der Waals surface area contributed by atoms with E-state index in [-0.39, 0.29) is 0 Å². The Hall–Kier alpha value is -0.0800. The molecule has 2 N–H and O–H groups in total. The first-order chi connectivity index (χ1) is 6.12. The average molecular weight is 183 g/mol. The van der Waals surface area contributed by atoms with Crippen LogP contribution in [-0.4, -0.2) is 19.3 Å². The fraction of sp³-hybridized carbons (Fsp3) is 1.00. The molecule has 2 fully saturated rings. The predicted octanol–water partition coefficient (Wildman–Crippen LogP) is 1.79. The normalized spacial score (nSPS) is 44.1. The lowest BCUT2D eigenvalue weighted by Crippen LogP contribution is -2.57. The van der Waals surface area contributed by atoms with Crippen LogP contribution in [0.15, 0.2) is 0 Å². The maximum atomic E-state index is 6.01. The van der Waals surface area contributed by atoms with E-state index < -0.39 is 0 Å². The Labute approximate surface area is 80.8 Å². The highest BCUT2D eigenvalue weighted by atomic mass is 16.5. The molecule has 13 heavy (non-hydrogen) atoms. The number of hydrogen-bond acceptors (Lipinski definition) is 2. The van der Waals surface area contributed by atoms with Crippen molar-refractivity contribution in [2.24, 2.45) is 23.0 Å². The van der Waals surface area contributed by atoms with E-state index in [4.69, 9.17) is 10.5 Å². The van der Waals surface area contributed by atoms with Crippen LogP contribution in [0.5, 0.6) is 0 Å². The van der Waals surface area contributed by atoms with E-state index >= 15 is 0 Å². The molecule has 2 nitrogen and oxygen atoms in total. The van der Waals surface area contributed by atoms with Crippen LogP contribution in [0.25, 0.3) is 0 Å². The summed E-state index contributed by atoms with van der Waals surface area (Å²) in [6.07, 6.45) is 3.80. The average Bonchev–Trinajstić information content (AvgIpc) is 2.15. The van der Waals surface area contributed by atoms with Crippen molar-refractivity contribution in [3.05, 3.63) is 0 Å². The van der Waals surface area contributed by atoms with Gasteiger partial charge in [0.05, 0.1) is 0 Å². The van der Waals surface area contributed by atoms with E-state index in [0.29, 0.717) is 11.5 Å². The molecule has 2 heteroatoms. The lowest BCUT2D eigenvalue weighted by Gasteiger charge is -2.54. The van der Waals surface area contributed by atoms with Crippen LogP contribution in [0.2, 0.25) is 0 Å². The summed E-state index contributed by atoms with van der Waals surface area (Å²) in [5, 5.41) is 0. The molecule has 0 aromatic heterocycles. The highest BCUT2D eigenvalue weighted by molar-refractivity contribution is 5.02. The van der Waals surface area contributed by atoms with Gasteiger partial charge in [-0.2, -0.15) is 0 Å². The molecular weight excluding hydrogens is 162 g/mol. The van der Waals surface area contributed by atoms with Crippen LogP contribution >= 0.6 is 0 Å². The van der Waals surface area contributed by atoms with Crippen molar-refractivity contribution in [1.29, 1.82) is 0 Å². The fourth-order valence-corrected chi connectivity index (χ4v) is 2.88. The van der Waals surface area contributed by atoms with Gasteiger partial charge in [-0.15, -0.1) is 0 Å². The Kier molecular flexibility index (Phi) is 2.37. The minimum absolute atomic E-state index is 0.353. The molecule has 1 aliphatic carbocycles. The van der Waals surface area contributed by atoms with Crippen molar-refractivity contribution in [3.63, 3.8) is 0 Å². The Morgan fingerprint density at radius 2 is 2.15 bits per heavy atom. The van der Waals surface area contributed by atoms with Gasteiger partial charge >= 0.3 is 0 Å². The van der Waals surface area contributed by atoms with Crippen molar-refractivity contribution in [1.82, 2.24) is 0 Å². The van der Waals surface area contributed by atoms with Crippen molar-refractivity contribution < 1.29 is 4.74 Å². The van der Waals surface area contributed by atoms with Crippen LogP contribution in [0, 0.1) is 17.3 Å². The Morgan fingerprint density at radius 1 is 1.38 bits per heavy atom. The molecule has 1 saturated heterocycles.